The van der Waals surface area contributed by atoms with Crippen molar-refractivity contribution in [2.45, 2.75) is 13.0 Å². The van der Waals surface area contributed by atoms with E-state index in [0.29, 0.717) is 0 Å². The lowest BCUT2D eigenvalue weighted by Gasteiger charge is -2.07. The van der Waals surface area contributed by atoms with E-state index in [0.717, 1.165) is 0 Å². The summed E-state index contributed by atoms with van der Waals surface area (Å²) in [7, 11) is 1.23. The van der Waals surface area contributed by atoms with Crippen LogP contribution in [0.1, 0.15) is 16.7 Å². The minimum atomic E-state index is -0.605. The largest absolute Gasteiger partial charge is 0.469 e. The van der Waals surface area contributed by atoms with Gasteiger partial charge in [0.2, 0.25) is 0 Å². The summed E-state index contributed by atoms with van der Waals surface area (Å²) < 4.78 is 18.2. The molecule has 2 N–H and O–H groups in total. The average molecular weight is 222 g/mol. The highest BCUT2D eigenvalue weighted by molar-refractivity contribution is 5.72. The van der Waals surface area contributed by atoms with Gasteiger partial charge in [-0.3, -0.25) is 4.79 Å². The van der Waals surface area contributed by atoms with Crippen LogP contribution in [0.4, 0.5) is 4.39 Å². The summed E-state index contributed by atoms with van der Waals surface area (Å²) in [5, 5.41) is 8.73. The molecule has 0 radical (unpaired) electrons. The van der Waals surface area contributed by atoms with Crippen LogP contribution in [-0.2, 0) is 22.5 Å². The predicted octanol–water partition coefficient (Wildman–Crippen LogP) is 0.872. The number of halogens is 1. The summed E-state index contributed by atoms with van der Waals surface area (Å²) in [6, 6.07) is 4.69. The molecule has 0 aromatic heterocycles. The number of benzene rings is 1. The van der Waals surface area contributed by atoms with Gasteiger partial charge in [0, 0.05) is 12.1 Å². The molecule has 0 aliphatic heterocycles. The maximum Gasteiger partial charge on any atom is 0.310 e. The van der Waals surface area contributed by atoms with Crippen molar-refractivity contribution >= 4 is 5.97 Å². The maximum absolute atomic E-state index is 13.8. The highest BCUT2D eigenvalue weighted by Gasteiger charge is 2.14. The Morgan fingerprint density at radius 1 is 1.62 bits per heavy atom. The second-order valence-corrected chi connectivity index (χ2v) is 3.13. The van der Waals surface area contributed by atoms with Gasteiger partial charge in [-0.1, -0.05) is 6.07 Å². The van der Waals surface area contributed by atoms with E-state index < -0.39 is 11.8 Å². The lowest BCUT2D eigenvalue weighted by molar-refractivity contribution is -0.139. The number of esters is 1. The zero-order valence-corrected chi connectivity index (χ0v) is 8.79. The number of carbonyl (C=O) groups excluding carboxylic acids is 1. The van der Waals surface area contributed by atoms with E-state index in [1.165, 1.54) is 19.2 Å². The fourth-order valence-electron chi connectivity index (χ4n) is 1.34. The third-order valence-electron chi connectivity index (χ3n) is 2.21. The van der Waals surface area contributed by atoms with Gasteiger partial charge < -0.3 is 10.5 Å². The molecule has 0 aliphatic carbocycles. The number of nitrogens with zero attached hydrogens (tertiary/aromatic N) is 1. The number of ether oxygens (including phenoxy) is 1. The lowest BCUT2D eigenvalue weighted by Crippen LogP contribution is -2.10. The van der Waals surface area contributed by atoms with Crippen molar-refractivity contribution < 1.29 is 13.9 Å². The van der Waals surface area contributed by atoms with E-state index in [-0.39, 0.29) is 29.7 Å². The molecule has 4 nitrogen and oxygen atoms in total. The second-order valence-electron chi connectivity index (χ2n) is 3.13. The molecule has 1 aromatic carbocycles. The molecule has 0 fully saturated rings. The summed E-state index contributed by atoms with van der Waals surface area (Å²) in [4.78, 5) is 11.0. The number of carbonyl (C=O) groups is 1. The van der Waals surface area contributed by atoms with Crippen LogP contribution in [0.15, 0.2) is 12.1 Å². The summed E-state index contributed by atoms with van der Waals surface area (Å²) in [5.74, 6) is -1.14. The Hall–Kier alpha value is -1.93. The third-order valence-corrected chi connectivity index (χ3v) is 2.21. The van der Waals surface area contributed by atoms with Crippen LogP contribution in [0.2, 0.25) is 0 Å². The van der Waals surface area contributed by atoms with Gasteiger partial charge >= 0.3 is 5.97 Å². The molecule has 0 atom stereocenters. The SMILES string of the molecule is COC(=O)Cc1ccc(C#N)c(CN)c1F. The molecule has 0 unspecified atom stereocenters. The summed E-state index contributed by atoms with van der Waals surface area (Å²) in [6.07, 6.45) is -0.166. The number of nitrogens with two attached hydrogens (primary N) is 1. The van der Waals surface area contributed by atoms with E-state index in [2.05, 4.69) is 4.74 Å². The molecule has 16 heavy (non-hydrogen) atoms. The number of hydrogen-bond donors (Lipinski definition) is 1. The average Bonchev–Trinajstić information content (AvgIpc) is 2.31. The van der Waals surface area contributed by atoms with Gasteiger partial charge in [-0.05, 0) is 11.6 Å². The van der Waals surface area contributed by atoms with Crippen molar-refractivity contribution in [1.82, 2.24) is 0 Å². The molecule has 1 aromatic rings. The molecule has 1 rings (SSSR count). The molecule has 0 heterocycles. The van der Waals surface area contributed by atoms with Crippen molar-refractivity contribution in [1.29, 1.82) is 5.26 Å². The fourth-order valence-corrected chi connectivity index (χ4v) is 1.34. The van der Waals surface area contributed by atoms with Gasteiger partial charge in [-0.25, -0.2) is 4.39 Å². The normalized spacial score (nSPS) is 9.62. The molecule has 0 saturated carbocycles. The van der Waals surface area contributed by atoms with E-state index >= 15 is 0 Å². The monoisotopic (exact) mass is 222 g/mol. The molecule has 84 valence electrons. The van der Waals surface area contributed by atoms with Crippen LogP contribution in [0.5, 0.6) is 0 Å². The number of rotatable bonds is 3. The van der Waals surface area contributed by atoms with E-state index in [4.69, 9.17) is 11.0 Å². The van der Waals surface area contributed by atoms with Crippen molar-refractivity contribution in [3.63, 3.8) is 0 Å². The van der Waals surface area contributed by atoms with Gasteiger partial charge in [0.05, 0.1) is 25.2 Å². The van der Waals surface area contributed by atoms with Crippen molar-refractivity contribution in [3.8, 4) is 6.07 Å². The molecule has 0 saturated heterocycles. The molecule has 0 bridgehead atoms. The summed E-state index contributed by atoms with van der Waals surface area (Å²) >= 11 is 0. The highest BCUT2D eigenvalue weighted by Crippen LogP contribution is 2.17. The fraction of sp³-hybridized carbons (Fsp3) is 0.273. The van der Waals surface area contributed by atoms with Gasteiger partial charge in [0.15, 0.2) is 0 Å². The first-order valence-electron chi connectivity index (χ1n) is 4.61. The zero-order valence-electron chi connectivity index (χ0n) is 8.79. The first-order valence-corrected chi connectivity index (χ1v) is 4.61. The number of methoxy groups -OCH3 is 1. The van der Waals surface area contributed by atoms with E-state index in [9.17, 15) is 9.18 Å². The van der Waals surface area contributed by atoms with Gasteiger partial charge in [-0.15, -0.1) is 0 Å². The second kappa shape index (κ2) is 5.24. The number of hydrogen-bond acceptors (Lipinski definition) is 4. The predicted molar refractivity (Wildman–Crippen MR) is 54.7 cm³/mol. The van der Waals surface area contributed by atoms with E-state index in [1.807, 2.05) is 6.07 Å². The minimum absolute atomic E-state index is 0.0796. The third kappa shape index (κ3) is 2.35. The topological polar surface area (TPSA) is 76.1 Å². The van der Waals surface area contributed by atoms with E-state index in [1.54, 1.807) is 0 Å². The van der Waals surface area contributed by atoms with Crippen LogP contribution < -0.4 is 5.73 Å². The zero-order chi connectivity index (χ0) is 12.1. The van der Waals surface area contributed by atoms with Crippen LogP contribution >= 0.6 is 0 Å². The molecule has 5 heteroatoms. The lowest BCUT2D eigenvalue weighted by atomic mass is 10.0. The van der Waals surface area contributed by atoms with Gasteiger partial charge in [-0.2, -0.15) is 5.26 Å². The first-order chi connectivity index (χ1) is 7.63. The Balaban J connectivity index is 3.15. The molecule has 0 amide bonds. The quantitative estimate of drug-likeness (QED) is 0.770. The number of nitriles is 1. The van der Waals surface area contributed by atoms with Gasteiger partial charge in [0.25, 0.3) is 0 Å². The van der Waals surface area contributed by atoms with Crippen LogP contribution in [0.25, 0.3) is 0 Å². The molecular formula is C11H11FN2O2. The summed E-state index contributed by atoms with van der Waals surface area (Å²) in [6.45, 7) is -0.0796. The Labute approximate surface area is 92.4 Å². The Bertz CT molecular complexity index is 452. The van der Waals surface area contributed by atoms with Crippen molar-refractivity contribution in [3.05, 3.63) is 34.6 Å². The summed E-state index contributed by atoms with van der Waals surface area (Å²) in [5.41, 5.74) is 5.86. The molecular weight excluding hydrogens is 211 g/mol. The smallest absolute Gasteiger partial charge is 0.310 e. The van der Waals surface area contributed by atoms with Crippen LogP contribution in [0.3, 0.4) is 0 Å². The van der Waals surface area contributed by atoms with Crippen molar-refractivity contribution in [2.75, 3.05) is 7.11 Å². The Kier molecular flexibility index (Phi) is 3.97. The minimum Gasteiger partial charge on any atom is -0.469 e. The van der Waals surface area contributed by atoms with Crippen LogP contribution in [0, 0.1) is 17.1 Å². The molecule has 0 spiro atoms. The first kappa shape index (κ1) is 12.1. The van der Waals surface area contributed by atoms with Crippen LogP contribution in [-0.4, -0.2) is 13.1 Å². The van der Waals surface area contributed by atoms with Gasteiger partial charge in [0.1, 0.15) is 5.82 Å². The maximum atomic E-state index is 13.8. The van der Waals surface area contributed by atoms with Crippen molar-refractivity contribution in [2.24, 2.45) is 5.73 Å². The Morgan fingerprint density at radius 3 is 2.81 bits per heavy atom. The Morgan fingerprint density at radius 2 is 2.31 bits per heavy atom. The standard InChI is InChI=1S/C11H11FN2O2/c1-16-10(15)4-7-2-3-8(5-13)9(6-14)11(7)12/h2-3H,4,6,14H2,1H3. The molecule has 0 aliphatic rings. The highest BCUT2D eigenvalue weighted by atomic mass is 19.1.